The fourth-order valence-corrected chi connectivity index (χ4v) is 3.14. The summed E-state index contributed by atoms with van der Waals surface area (Å²) in [5, 5.41) is 3.82. The number of hydrogen-bond acceptors (Lipinski definition) is 2. The van der Waals surface area contributed by atoms with Crippen molar-refractivity contribution in [3.05, 3.63) is 0 Å². The molecular weight excluding hydrogens is 184 g/mol. The molecule has 0 aromatic rings. The maximum atomic E-state index is 3.82. The van der Waals surface area contributed by atoms with Gasteiger partial charge in [0.05, 0.1) is 0 Å². The van der Waals surface area contributed by atoms with E-state index in [0.29, 0.717) is 11.6 Å². The standard InChI is InChI=1S/C13H26N2/c1-12(2)15-10-6-4-8-13(11-15)7-3-5-9-14-13/h12,14H,3-11H2,1-2H3. The number of rotatable bonds is 1. The van der Waals surface area contributed by atoms with Gasteiger partial charge in [0.15, 0.2) is 0 Å². The largest absolute Gasteiger partial charge is 0.310 e. The van der Waals surface area contributed by atoms with Crippen LogP contribution in [0, 0.1) is 0 Å². The molecule has 1 spiro atoms. The Morgan fingerprint density at radius 2 is 1.80 bits per heavy atom. The number of piperidine rings is 1. The first-order valence-corrected chi connectivity index (χ1v) is 6.71. The summed E-state index contributed by atoms with van der Waals surface area (Å²) in [6.45, 7) is 8.50. The summed E-state index contributed by atoms with van der Waals surface area (Å²) >= 11 is 0. The molecule has 2 aliphatic rings. The van der Waals surface area contributed by atoms with Crippen molar-refractivity contribution in [1.29, 1.82) is 0 Å². The first-order chi connectivity index (χ1) is 7.22. The SMILES string of the molecule is CC(C)N1CCCCC2(CCCCN2)C1. The Morgan fingerprint density at radius 1 is 1.07 bits per heavy atom. The molecule has 2 fully saturated rings. The fourth-order valence-electron chi connectivity index (χ4n) is 3.14. The van der Waals surface area contributed by atoms with Crippen molar-refractivity contribution >= 4 is 0 Å². The minimum atomic E-state index is 0.471. The molecule has 0 aliphatic carbocycles. The lowest BCUT2D eigenvalue weighted by atomic mass is 9.84. The first-order valence-electron chi connectivity index (χ1n) is 6.71. The third kappa shape index (κ3) is 2.73. The van der Waals surface area contributed by atoms with Gasteiger partial charge in [-0.15, -0.1) is 0 Å². The molecule has 2 rings (SSSR count). The smallest absolute Gasteiger partial charge is 0.0308 e. The Balaban J connectivity index is 2.02. The molecule has 2 nitrogen and oxygen atoms in total. The first kappa shape index (κ1) is 11.4. The fraction of sp³-hybridized carbons (Fsp3) is 1.00. The predicted molar refractivity (Wildman–Crippen MR) is 65.1 cm³/mol. The lowest BCUT2D eigenvalue weighted by Gasteiger charge is -2.41. The van der Waals surface area contributed by atoms with Crippen molar-refractivity contribution in [2.75, 3.05) is 19.6 Å². The molecule has 1 unspecified atom stereocenters. The highest BCUT2D eigenvalue weighted by molar-refractivity contribution is 4.95. The minimum Gasteiger partial charge on any atom is -0.310 e. The summed E-state index contributed by atoms with van der Waals surface area (Å²) < 4.78 is 0. The Kier molecular flexibility index (Phi) is 3.68. The van der Waals surface area contributed by atoms with Gasteiger partial charge >= 0.3 is 0 Å². The number of nitrogens with zero attached hydrogens (tertiary/aromatic N) is 1. The topological polar surface area (TPSA) is 15.3 Å². The average molecular weight is 210 g/mol. The maximum absolute atomic E-state index is 3.82. The molecule has 1 atom stereocenters. The van der Waals surface area contributed by atoms with Gasteiger partial charge in [0.1, 0.15) is 0 Å². The average Bonchev–Trinajstić information content (AvgIpc) is 2.43. The zero-order valence-corrected chi connectivity index (χ0v) is 10.4. The van der Waals surface area contributed by atoms with Crippen LogP contribution in [-0.2, 0) is 0 Å². The molecule has 0 bridgehead atoms. The van der Waals surface area contributed by atoms with E-state index in [0.717, 1.165) is 0 Å². The molecule has 2 aliphatic heterocycles. The maximum Gasteiger partial charge on any atom is 0.0308 e. The predicted octanol–water partition coefficient (Wildman–Crippen LogP) is 2.39. The lowest BCUT2D eigenvalue weighted by molar-refractivity contribution is 0.139. The lowest BCUT2D eigenvalue weighted by Crippen LogP contribution is -2.55. The van der Waals surface area contributed by atoms with Crippen LogP contribution < -0.4 is 5.32 Å². The molecule has 2 heteroatoms. The zero-order valence-electron chi connectivity index (χ0n) is 10.4. The third-order valence-electron chi connectivity index (χ3n) is 4.17. The second kappa shape index (κ2) is 4.84. The zero-order chi connectivity index (χ0) is 10.7. The summed E-state index contributed by atoms with van der Waals surface area (Å²) in [5.74, 6) is 0. The van der Waals surface area contributed by atoms with Crippen molar-refractivity contribution in [1.82, 2.24) is 10.2 Å². The van der Waals surface area contributed by atoms with Gasteiger partial charge in [-0.2, -0.15) is 0 Å². The highest BCUT2D eigenvalue weighted by Gasteiger charge is 2.35. The normalized spacial score (nSPS) is 34.6. The van der Waals surface area contributed by atoms with Gasteiger partial charge in [-0.25, -0.2) is 0 Å². The van der Waals surface area contributed by atoms with Gasteiger partial charge < -0.3 is 5.32 Å². The third-order valence-corrected chi connectivity index (χ3v) is 4.17. The van der Waals surface area contributed by atoms with E-state index in [-0.39, 0.29) is 0 Å². The molecule has 0 radical (unpaired) electrons. The van der Waals surface area contributed by atoms with Crippen LogP contribution in [-0.4, -0.2) is 36.1 Å². The van der Waals surface area contributed by atoms with Crippen molar-refractivity contribution in [2.24, 2.45) is 0 Å². The molecule has 0 amide bonds. The summed E-state index contributed by atoms with van der Waals surface area (Å²) in [7, 11) is 0. The van der Waals surface area contributed by atoms with Gasteiger partial charge in [0.2, 0.25) is 0 Å². The van der Waals surface area contributed by atoms with E-state index < -0.39 is 0 Å². The molecule has 88 valence electrons. The Bertz CT molecular complexity index is 195. The van der Waals surface area contributed by atoms with Crippen molar-refractivity contribution in [3.63, 3.8) is 0 Å². The number of nitrogens with one attached hydrogen (secondary N) is 1. The van der Waals surface area contributed by atoms with E-state index in [4.69, 9.17) is 0 Å². The summed E-state index contributed by atoms with van der Waals surface area (Å²) in [6.07, 6.45) is 8.41. The number of likely N-dealkylation sites (tertiary alicyclic amines) is 1. The van der Waals surface area contributed by atoms with E-state index in [1.54, 1.807) is 0 Å². The van der Waals surface area contributed by atoms with Crippen molar-refractivity contribution < 1.29 is 0 Å². The Hall–Kier alpha value is -0.0800. The van der Waals surface area contributed by atoms with Crippen LogP contribution in [0.3, 0.4) is 0 Å². The van der Waals surface area contributed by atoms with Crippen molar-refractivity contribution in [3.8, 4) is 0 Å². The molecular formula is C13H26N2. The molecule has 0 aromatic heterocycles. The van der Waals surface area contributed by atoms with Gasteiger partial charge in [-0.05, 0) is 52.6 Å². The molecule has 0 saturated carbocycles. The Labute approximate surface area is 94.4 Å². The monoisotopic (exact) mass is 210 g/mol. The molecule has 1 N–H and O–H groups in total. The highest BCUT2D eigenvalue weighted by Crippen LogP contribution is 2.29. The van der Waals surface area contributed by atoms with Crippen LogP contribution in [0.1, 0.15) is 52.4 Å². The van der Waals surface area contributed by atoms with Crippen LogP contribution in [0.5, 0.6) is 0 Å². The number of hydrogen-bond donors (Lipinski definition) is 1. The van der Waals surface area contributed by atoms with Crippen LogP contribution >= 0.6 is 0 Å². The Morgan fingerprint density at radius 3 is 2.47 bits per heavy atom. The van der Waals surface area contributed by atoms with E-state index in [9.17, 15) is 0 Å². The van der Waals surface area contributed by atoms with Crippen LogP contribution in [0.15, 0.2) is 0 Å². The minimum absolute atomic E-state index is 0.471. The van der Waals surface area contributed by atoms with Crippen LogP contribution in [0.4, 0.5) is 0 Å². The van der Waals surface area contributed by atoms with Crippen molar-refractivity contribution in [2.45, 2.75) is 64.0 Å². The van der Waals surface area contributed by atoms with E-state index in [1.165, 1.54) is 58.2 Å². The summed E-state index contributed by atoms with van der Waals surface area (Å²) in [4.78, 5) is 2.67. The summed E-state index contributed by atoms with van der Waals surface area (Å²) in [5.41, 5.74) is 0.471. The van der Waals surface area contributed by atoms with Gasteiger partial charge in [-0.3, -0.25) is 4.90 Å². The van der Waals surface area contributed by atoms with Crippen LogP contribution in [0.25, 0.3) is 0 Å². The molecule has 0 aromatic carbocycles. The second-order valence-corrected chi connectivity index (χ2v) is 5.69. The van der Waals surface area contributed by atoms with E-state index in [1.807, 2.05) is 0 Å². The highest BCUT2D eigenvalue weighted by atomic mass is 15.2. The summed E-state index contributed by atoms with van der Waals surface area (Å²) in [6, 6.07) is 0.712. The quantitative estimate of drug-likeness (QED) is 0.715. The van der Waals surface area contributed by atoms with Gasteiger partial charge in [0.25, 0.3) is 0 Å². The van der Waals surface area contributed by atoms with E-state index >= 15 is 0 Å². The van der Waals surface area contributed by atoms with Gasteiger partial charge in [0, 0.05) is 18.1 Å². The molecule has 2 saturated heterocycles. The molecule has 15 heavy (non-hydrogen) atoms. The van der Waals surface area contributed by atoms with Crippen LogP contribution in [0.2, 0.25) is 0 Å². The second-order valence-electron chi connectivity index (χ2n) is 5.69. The van der Waals surface area contributed by atoms with Gasteiger partial charge in [-0.1, -0.05) is 12.8 Å². The van der Waals surface area contributed by atoms with E-state index in [2.05, 4.69) is 24.1 Å². The molecule has 2 heterocycles.